The van der Waals surface area contributed by atoms with E-state index in [1.54, 1.807) is 18.2 Å². The molecule has 2 heterocycles. The van der Waals surface area contributed by atoms with Crippen LogP contribution in [0.25, 0.3) is 10.9 Å². The highest BCUT2D eigenvalue weighted by atomic mass is 35.5. The zero-order valence-electron chi connectivity index (χ0n) is 11.8. The van der Waals surface area contributed by atoms with Crippen LogP contribution in [-0.4, -0.2) is 35.0 Å². The van der Waals surface area contributed by atoms with Crippen molar-refractivity contribution in [2.24, 2.45) is 5.29 Å². The van der Waals surface area contributed by atoms with Crippen LogP contribution in [-0.2, 0) is 0 Å². The fourth-order valence-corrected chi connectivity index (χ4v) is 2.75. The van der Waals surface area contributed by atoms with E-state index in [1.165, 1.54) is 5.01 Å². The molecule has 1 N–H and O–H groups in total. The Morgan fingerprint density at radius 3 is 2.77 bits per heavy atom. The van der Waals surface area contributed by atoms with Crippen LogP contribution in [0.2, 0.25) is 5.02 Å². The van der Waals surface area contributed by atoms with Crippen molar-refractivity contribution in [1.82, 2.24) is 15.3 Å². The number of fused-ring (bicyclic) bond motifs is 1. The molecule has 6 nitrogen and oxygen atoms in total. The minimum absolute atomic E-state index is 0.0493. The van der Waals surface area contributed by atoms with Crippen molar-refractivity contribution in [2.75, 3.05) is 13.1 Å². The maximum Gasteiger partial charge on any atom is 0.270 e. The predicted octanol–water partition coefficient (Wildman–Crippen LogP) is 2.76. The van der Waals surface area contributed by atoms with Gasteiger partial charge in [-0.1, -0.05) is 17.7 Å². The molecule has 2 aromatic rings. The van der Waals surface area contributed by atoms with E-state index < -0.39 is 0 Å². The Hall–Kier alpha value is -2.21. The van der Waals surface area contributed by atoms with Gasteiger partial charge in [-0.2, -0.15) is 0 Å². The number of nitrogens with zero attached hydrogens (tertiary/aromatic N) is 3. The van der Waals surface area contributed by atoms with Crippen molar-refractivity contribution in [2.45, 2.75) is 18.9 Å². The van der Waals surface area contributed by atoms with Crippen LogP contribution in [0.15, 0.2) is 35.6 Å². The summed E-state index contributed by atoms with van der Waals surface area (Å²) in [6.45, 7) is 1.14. The predicted molar refractivity (Wildman–Crippen MR) is 84.6 cm³/mol. The number of amides is 1. The Labute approximate surface area is 132 Å². The number of nitroso groups, excluding NO2 is 1. The molecule has 1 aliphatic heterocycles. The lowest BCUT2D eigenvalue weighted by Crippen LogP contribution is -2.43. The molecular weight excluding hydrogens is 304 g/mol. The molecule has 0 radical (unpaired) electrons. The molecule has 0 spiro atoms. The molecule has 7 heteroatoms. The third-order valence-electron chi connectivity index (χ3n) is 3.81. The molecule has 1 saturated heterocycles. The molecule has 114 valence electrons. The van der Waals surface area contributed by atoms with Crippen LogP contribution in [0, 0.1) is 4.91 Å². The number of hydrogen-bond acceptors (Lipinski definition) is 4. The second-order valence-corrected chi connectivity index (χ2v) is 5.75. The fourth-order valence-electron chi connectivity index (χ4n) is 2.57. The number of benzene rings is 1. The number of aromatic nitrogens is 1. The van der Waals surface area contributed by atoms with Gasteiger partial charge in [-0.15, -0.1) is 4.91 Å². The molecule has 1 amide bonds. The van der Waals surface area contributed by atoms with Crippen LogP contribution < -0.4 is 5.32 Å². The Bertz CT molecular complexity index is 714. The highest BCUT2D eigenvalue weighted by Gasteiger charge is 2.21. The van der Waals surface area contributed by atoms with E-state index in [1.807, 2.05) is 12.1 Å². The summed E-state index contributed by atoms with van der Waals surface area (Å²) >= 11 is 5.93. The molecule has 1 aliphatic rings. The number of hydrogen-bond donors (Lipinski definition) is 1. The van der Waals surface area contributed by atoms with Gasteiger partial charge in [0.15, 0.2) is 0 Å². The molecule has 1 aromatic carbocycles. The summed E-state index contributed by atoms with van der Waals surface area (Å²) in [5.41, 5.74) is 1.11. The van der Waals surface area contributed by atoms with E-state index in [0.29, 0.717) is 36.6 Å². The molecule has 1 fully saturated rings. The van der Waals surface area contributed by atoms with Crippen LogP contribution in [0.5, 0.6) is 0 Å². The van der Waals surface area contributed by atoms with Crippen molar-refractivity contribution >= 4 is 28.4 Å². The summed E-state index contributed by atoms with van der Waals surface area (Å²) in [5.74, 6) is -0.200. The number of piperidine rings is 1. The topological polar surface area (TPSA) is 74.7 Å². The van der Waals surface area contributed by atoms with Gasteiger partial charge in [0, 0.05) is 29.5 Å². The van der Waals surface area contributed by atoms with Gasteiger partial charge in [0.1, 0.15) is 5.69 Å². The summed E-state index contributed by atoms with van der Waals surface area (Å²) in [4.78, 5) is 27.1. The van der Waals surface area contributed by atoms with Gasteiger partial charge in [0.25, 0.3) is 5.91 Å². The van der Waals surface area contributed by atoms with Crippen LogP contribution in [0.3, 0.4) is 0 Å². The number of halogens is 1. The van der Waals surface area contributed by atoms with E-state index in [4.69, 9.17) is 11.6 Å². The summed E-state index contributed by atoms with van der Waals surface area (Å²) in [5, 5.41) is 8.88. The van der Waals surface area contributed by atoms with Crippen molar-refractivity contribution in [3.8, 4) is 0 Å². The van der Waals surface area contributed by atoms with Gasteiger partial charge in [-0.25, -0.2) is 4.98 Å². The Kier molecular flexibility index (Phi) is 4.20. The van der Waals surface area contributed by atoms with Crippen LogP contribution in [0.1, 0.15) is 23.3 Å². The lowest BCUT2D eigenvalue weighted by Gasteiger charge is -2.28. The average Bonchev–Trinajstić information content (AvgIpc) is 2.55. The number of nitrogens with one attached hydrogen (secondary N) is 1. The molecule has 0 aliphatic carbocycles. The molecular formula is C15H15ClN4O2. The standard InChI is InChI=1S/C15H15ClN4O2/c16-11-2-4-13-10(9-11)1-3-14(18-13)15(21)17-12-5-7-20(19-22)8-6-12/h1-4,9,12H,5-8H2,(H,17,21). The summed E-state index contributed by atoms with van der Waals surface area (Å²) < 4.78 is 0. The summed E-state index contributed by atoms with van der Waals surface area (Å²) in [7, 11) is 0. The number of carbonyl (C=O) groups is 1. The Morgan fingerprint density at radius 2 is 2.05 bits per heavy atom. The second-order valence-electron chi connectivity index (χ2n) is 5.32. The first kappa shape index (κ1) is 14.7. The molecule has 22 heavy (non-hydrogen) atoms. The normalized spacial score (nSPS) is 15.8. The first-order chi connectivity index (χ1) is 10.7. The molecule has 3 rings (SSSR count). The van der Waals surface area contributed by atoms with Gasteiger partial charge in [-0.3, -0.25) is 9.80 Å². The third-order valence-corrected chi connectivity index (χ3v) is 4.04. The zero-order chi connectivity index (χ0) is 15.5. The molecule has 0 bridgehead atoms. The molecule has 1 aromatic heterocycles. The van der Waals surface area contributed by atoms with Crippen molar-refractivity contribution in [1.29, 1.82) is 0 Å². The summed E-state index contributed by atoms with van der Waals surface area (Å²) in [6, 6.07) is 8.93. The SMILES string of the molecule is O=NN1CCC(NC(=O)c2ccc3cc(Cl)ccc3n2)CC1. The van der Waals surface area contributed by atoms with E-state index in [2.05, 4.69) is 15.6 Å². The average molecular weight is 319 g/mol. The monoisotopic (exact) mass is 318 g/mol. The highest BCUT2D eigenvalue weighted by Crippen LogP contribution is 2.18. The fraction of sp³-hybridized carbons (Fsp3) is 0.333. The summed E-state index contributed by atoms with van der Waals surface area (Å²) in [6.07, 6.45) is 1.42. The second kappa shape index (κ2) is 6.27. The quantitative estimate of drug-likeness (QED) is 0.883. The van der Waals surface area contributed by atoms with Crippen LogP contribution >= 0.6 is 11.6 Å². The number of pyridine rings is 1. The van der Waals surface area contributed by atoms with Crippen LogP contribution in [0.4, 0.5) is 0 Å². The zero-order valence-corrected chi connectivity index (χ0v) is 12.6. The van der Waals surface area contributed by atoms with E-state index >= 15 is 0 Å². The lowest BCUT2D eigenvalue weighted by atomic mass is 10.1. The minimum atomic E-state index is -0.200. The molecule has 0 saturated carbocycles. The van der Waals surface area contributed by atoms with Gasteiger partial charge >= 0.3 is 0 Å². The lowest BCUT2D eigenvalue weighted by molar-refractivity contribution is 0.0907. The molecule has 0 atom stereocenters. The Balaban J connectivity index is 1.70. The largest absolute Gasteiger partial charge is 0.348 e. The highest BCUT2D eigenvalue weighted by molar-refractivity contribution is 6.31. The van der Waals surface area contributed by atoms with Crippen molar-refractivity contribution < 1.29 is 4.79 Å². The number of carbonyl (C=O) groups excluding carboxylic acids is 1. The first-order valence-electron chi connectivity index (χ1n) is 7.11. The third kappa shape index (κ3) is 3.17. The maximum absolute atomic E-state index is 12.3. The minimum Gasteiger partial charge on any atom is -0.348 e. The van der Waals surface area contributed by atoms with E-state index in [9.17, 15) is 9.70 Å². The molecule has 0 unspecified atom stereocenters. The Morgan fingerprint density at radius 1 is 1.27 bits per heavy atom. The van der Waals surface area contributed by atoms with Gasteiger partial charge in [-0.05, 0) is 37.1 Å². The van der Waals surface area contributed by atoms with E-state index in [0.717, 1.165) is 10.9 Å². The van der Waals surface area contributed by atoms with E-state index in [-0.39, 0.29) is 11.9 Å². The maximum atomic E-state index is 12.3. The van der Waals surface area contributed by atoms with Crippen molar-refractivity contribution in [3.63, 3.8) is 0 Å². The number of rotatable bonds is 3. The first-order valence-corrected chi connectivity index (χ1v) is 7.49. The van der Waals surface area contributed by atoms with Gasteiger partial charge in [0.05, 0.1) is 10.8 Å². The van der Waals surface area contributed by atoms with Crippen molar-refractivity contribution in [3.05, 3.63) is 46.0 Å². The van der Waals surface area contributed by atoms with Gasteiger partial charge in [0.2, 0.25) is 0 Å². The van der Waals surface area contributed by atoms with Gasteiger partial charge < -0.3 is 5.32 Å². The smallest absolute Gasteiger partial charge is 0.270 e.